The van der Waals surface area contributed by atoms with E-state index in [4.69, 9.17) is 5.11 Å². The highest BCUT2D eigenvalue weighted by Crippen LogP contribution is 2.14. The molecule has 0 aromatic heterocycles. The Hall–Kier alpha value is -1.51. The van der Waals surface area contributed by atoms with Crippen LogP contribution in [0.15, 0.2) is 0 Å². The minimum absolute atomic E-state index is 0.0725. The molecule has 0 unspecified atom stereocenters. The lowest BCUT2D eigenvalue weighted by Gasteiger charge is -2.25. The average Bonchev–Trinajstić information content (AvgIpc) is 2.24. The van der Waals surface area contributed by atoms with Gasteiger partial charge in [0.25, 0.3) is 0 Å². The zero-order chi connectivity index (χ0) is 15.8. The molecule has 0 bridgehead atoms. The van der Waals surface area contributed by atoms with Crippen LogP contribution in [0.5, 0.6) is 0 Å². The summed E-state index contributed by atoms with van der Waals surface area (Å²) in [5.41, 5.74) is -0.727. The summed E-state index contributed by atoms with van der Waals surface area (Å²) in [7, 11) is 0. The lowest BCUT2D eigenvalue weighted by molar-refractivity contribution is -0.173. The number of hydrogen-bond donors (Lipinski definition) is 3. The molecule has 6 nitrogen and oxygen atoms in total. The van der Waals surface area contributed by atoms with E-state index in [9.17, 15) is 22.8 Å². The number of carbonyl (C=O) groups is 2. The minimum atomic E-state index is -4.39. The Bertz CT molecular complexity index is 332. The van der Waals surface area contributed by atoms with Crippen molar-refractivity contribution >= 4 is 12.0 Å². The largest absolute Gasteiger partial charge is 0.481 e. The van der Waals surface area contributed by atoms with Crippen molar-refractivity contribution in [3.05, 3.63) is 0 Å². The predicted molar refractivity (Wildman–Crippen MR) is 64.4 cm³/mol. The third kappa shape index (κ3) is 11.6. The van der Waals surface area contributed by atoms with Crippen molar-refractivity contribution in [3.8, 4) is 0 Å². The summed E-state index contributed by atoms with van der Waals surface area (Å²) in [6, 6.07) is -0.587. The van der Waals surface area contributed by atoms with Crippen LogP contribution in [0.4, 0.5) is 18.0 Å². The zero-order valence-corrected chi connectivity index (χ0v) is 11.3. The van der Waals surface area contributed by atoms with Crippen molar-refractivity contribution in [3.63, 3.8) is 0 Å². The van der Waals surface area contributed by atoms with E-state index < -0.39 is 30.3 Å². The average molecular weight is 300 g/mol. The molecule has 0 aliphatic rings. The van der Waals surface area contributed by atoms with E-state index in [1.807, 2.05) is 0 Å². The fourth-order valence-electron chi connectivity index (χ4n) is 1.26. The smallest absolute Gasteiger partial charge is 0.411 e. The highest BCUT2D eigenvalue weighted by Gasteiger charge is 2.27. The number of rotatable bonds is 8. The second kappa shape index (κ2) is 7.93. The highest BCUT2D eigenvalue weighted by molar-refractivity contribution is 5.74. The quantitative estimate of drug-likeness (QED) is 0.593. The predicted octanol–water partition coefficient (Wildman–Crippen LogP) is 1.51. The molecule has 20 heavy (non-hydrogen) atoms. The lowest BCUT2D eigenvalue weighted by atomic mass is 9.99. The van der Waals surface area contributed by atoms with Gasteiger partial charge in [-0.05, 0) is 20.3 Å². The molecule has 0 aromatic rings. The number of carbonyl (C=O) groups excluding carboxylic acids is 1. The summed E-state index contributed by atoms with van der Waals surface area (Å²) in [6.45, 7) is 1.60. The fraction of sp³-hybridized carbons (Fsp3) is 0.818. The van der Waals surface area contributed by atoms with Gasteiger partial charge in [0, 0.05) is 18.5 Å². The summed E-state index contributed by atoms with van der Waals surface area (Å²) in [6.07, 6.45) is -4.25. The van der Waals surface area contributed by atoms with Gasteiger partial charge < -0.3 is 20.5 Å². The van der Waals surface area contributed by atoms with E-state index >= 15 is 0 Å². The van der Waals surface area contributed by atoms with Crippen LogP contribution in [-0.2, 0) is 9.53 Å². The summed E-state index contributed by atoms with van der Waals surface area (Å²) >= 11 is 0. The molecular formula is C11H19F3N2O4. The summed E-state index contributed by atoms with van der Waals surface area (Å²) < 4.78 is 39.5. The van der Waals surface area contributed by atoms with E-state index in [2.05, 4.69) is 15.4 Å². The Morgan fingerprint density at radius 2 is 1.85 bits per heavy atom. The van der Waals surface area contributed by atoms with Crippen molar-refractivity contribution in [2.24, 2.45) is 0 Å². The van der Waals surface area contributed by atoms with E-state index in [1.54, 1.807) is 13.8 Å². The lowest BCUT2D eigenvalue weighted by Crippen LogP contribution is -2.49. The number of hydrogen-bond acceptors (Lipinski definition) is 3. The maximum atomic E-state index is 11.7. The van der Waals surface area contributed by atoms with Gasteiger partial charge in [-0.15, -0.1) is 0 Å². The van der Waals surface area contributed by atoms with Crippen LogP contribution in [0.25, 0.3) is 0 Å². The topological polar surface area (TPSA) is 87.7 Å². The van der Waals surface area contributed by atoms with Gasteiger partial charge in [-0.2, -0.15) is 13.2 Å². The SMILES string of the molecule is CC(C)(CCC(=O)O)NC(=O)NCCOCC(F)(F)F. The maximum absolute atomic E-state index is 11.7. The van der Waals surface area contributed by atoms with Gasteiger partial charge in [0.1, 0.15) is 6.61 Å². The third-order valence-electron chi connectivity index (χ3n) is 2.21. The summed E-state index contributed by atoms with van der Waals surface area (Å²) in [4.78, 5) is 21.8. The second-order valence-electron chi connectivity index (χ2n) is 4.83. The molecule has 0 heterocycles. The number of urea groups is 1. The number of carboxylic acid groups (broad SMARTS) is 1. The molecule has 0 aliphatic carbocycles. The molecule has 9 heteroatoms. The standard InChI is InChI=1S/C11H19F3N2O4/c1-10(2,4-3-8(17)18)16-9(19)15-5-6-20-7-11(12,13)14/h3-7H2,1-2H3,(H,17,18)(H2,15,16,19). The van der Waals surface area contributed by atoms with E-state index in [0.717, 1.165) is 0 Å². The molecule has 0 saturated carbocycles. The first-order chi connectivity index (χ1) is 9.02. The van der Waals surface area contributed by atoms with Crippen LogP contribution in [0.2, 0.25) is 0 Å². The number of carboxylic acids is 1. The summed E-state index contributed by atoms with van der Waals surface area (Å²) in [5.74, 6) is -0.971. The Balaban J connectivity index is 3.79. The molecule has 0 rings (SSSR count). The molecule has 0 saturated heterocycles. The Morgan fingerprint density at radius 1 is 1.25 bits per heavy atom. The molecule has 0 radical (unpaired) electrons. The zero-order valence-electron chi connectivity index (χ0n) is 11.3. The van der Waals surface area contributed by atoms with E-state index in [0.29, 0.717) is 0 Å². The van der Waals surface area contributed by atoms with Gasteiger partial charge >= 0.3 is 18.2 Å². The highest BCUT2D eigenvalue weighted by atomic mass is 19.4. The molecule has 2 amide bonds. The fourth-order valence-corrected chi connectivity index (χ4v) is 1.26. The van der Waals surface area contributed by atoms with Gasteiger partial charge in [-0.3, -0.25) is 4.79 Å². The van der Waals surface area contributed by atoms with E-state index in [1.165, 1.54) is 0 Å². The minimum Gasteiger partial charge on any atom is -0.481 e. The first kappa shape index (κ1) is 18.5. The van der Waals surface area contributed by atoms with Gasteiger partial charge in [-0.25, -0.2) is 4.79 Å². The Labute approximate surface area is 114 Å². The van der Waals surface area contributed by atoms with Crippen molar-refractivity contribution in [1.82, 2.24) is 10.6 Å². The number of alkyl halides is 3. The molecule has 0 fully saturated rings. The van der Waals surface area contributed by atoms with Crippen LogP contribution < -0.4 is 10.6 Å². The first-order valence-corrected chi connectivity index (χ1v) is 5.94. The van der Waals surface area contributed by atoms with E-state index in [-0.39, 0.29) is 26.0 Å². The van der Waals surface area contributed by atoms with Crippen molar-refractivity contribution in [2.75, 3.05) is 19.8 Å². The number of aliphatic carboxylic acids is 1. The van der Waals surface area contributed by atoms with Crippen molar-refractivity contribution in [1.29, 1.82) is 0 Å². The van der Waals surface area contributed by atoms with Crippen LogP contribution in [0.1, 0.15) is 26.7 Å². The Morgan fingerprint density at radius 3 is 2.35 bits per heavy atom. The molecule has 3 N–H and O–H groups in total. The molecule has 0 aromatic carbocycles. The molecule has 118 valence electrons. The Kier molecular flexibility index (Phi) is 7.33. The van der Waals surface area contributed by atoms with Gasteiger partial charge in [0.05, 0.1) is 6.61 Å². The molecular weight excluding hydrogens is 281 g/mol. The normalized spacial score (nSPS) is 12.1. The second-order valence-corrected chi connectivity index (χ2v) is 4.83. The monoisotopic (exact) mass is 300 g/mol. The number of ether oxygens (including phenoxy) is 1. The number of amides is 2. The van der Waals surface area contributed by atoms with Crippen LogP contribution in [0.3, 0.4) is 0 Å². The van der Waals surface area contributed by atoms with Gasteiger partial charge in [0.2, 0.25) is 0 Å². The van der Waals surface area contributed by atoms with Crippen LogP contribution in [-0.4, -0.2) is 48.6 Å². The van der Waals surface area contributed by atoms with Crippen molar-refractivity contribution < 1.29 is 32.6 Å². The number of halogens is 3. The molecule has 0 atom stereocenters. The molecule has 0 spiro atoms. The van der Waals surface area contributed by atoms with Gasteiger partial charge in [-0.1, -0.05) is 0 Å². The van der Waals surface area contributed by atoms with Crippen molar-refractivity contribution in [2.45, 2.75) is 38.4 Å². The van der Waals surface area contributed by atoms with Gasteiger partial charge in [0.15, 0.2) is 0 Å². The third-order valence-corrected chi connectivity index (χ3v) is 2.21. The van der Waals surface area contributed by atoms with Crippen LogP contribution >= 0.6 is 0 Å². The first-order valence-electron chi connectivity index (χ1n) is 5.94. The summed E-state index contributed by atoms with van der Waals surface area (Å²) in [5, 5.41) is 13.4. The maximum Gasteiger partial charge on any atom is 0.411 e. The van der Waals surface area contributed by atoms with Crippen LogP contribution in [0, 0.1) is 0 Å². The molecule has 0 aliphatic heterocycles. The number of nitrogens with one attached hydrogen (secondary N) is 2.